The predicted octanol–water partition coefficient (Wildman–Crippen LogP) is 0.682. The minimum absolute atomic E-state index is 0. The maximum atomic E-state index is 11.5. The Balaban J connectivity index is 0.00000306. The van der Waals surface area contributed by atoms with Crippen molar-refractivity contribution in [1.29, 1.82) is 0 Å². The van der Waals surface area contributed by atoms with E-state index in [1.54, 1.807) is 7.11 Å². The molecular formula is C25H23N2NaO5. The van der Waals surface area contributed by atoms with Crippen LogP contribution in [0.3, 0.4) is 0 Å². The second kappa shape index (κ2) is 10.7. The van der Waals surface area contributed by atoms with Crippen LogP contribution >= 0.6 is 0 Å². The molecule has 0 aliphatic carbocycles. The molecule has 4 aromatic rings. The SMILES string of the molecule is COc1cc(C)c(-c2cccc(COc3ccc(Cn4oc(=O)[n-]c4=O)cc3)c2)c(C)c1.[Na+]. The number of rotatable bonds is 7. The van der Waals surface area contributed by atoms with Crippen molar-refractivity contribution in [3.8, 4) is 22.6 Å². The maximum absolute atomic E-state index is 11.5. The van der Waals surface area contributed by atoms with Gasteiger partial charge in [0.2, 0.25) is 0 Å². The van der Waals surface area contributed by atoms with Crippen LogP contribution in [-0.2, 0) is 13.2 Å². The van der Waals surface area contributed by atoms with Crippen LogP contribution < -0.4 is 55.5 Å². The molecule has 0 fully saturated rings. The Hall–Kier alpha value is -3.00. The Morgan fingerprint density at radius 1 is 0.909 bits per heavy atom. The summed E-state index contributed by atoms with van der Waals surface area (Å²) in [7, 11) is 1.68. The molecule has 4 rings (SSSR count). The average molecular weight is 454 g/mol. The number of methoxy groups -OCH3 is 1. The Kier molecular flexibility index (Phi) is 8.02. The van der Waals surface area contributed by atoms with Gasteiger partial charge in [0.1, 0.15) is 18.1 Å². The molecule has 8 heteroatoms. The second-order valence-corrected chi connectivity index (χ2v) is 7.56. The third kappa shape index (κ3) is 5.87. The zero-order valence-corrected chi connectivity index (χ0v) is 21.1. The molecule has 0 radical (unpaired) electrons. The summed E-state index contributed by atoms with van der Waals surface area (Å²) in [4.78, 5) is 25.7. The summed E-state index contributed by atoms with van der Waals surface area (Å²) in [5.41, 5.74) is 5.80. The van der Waals surface area contributed by atoms with E-state index in [0.717, 1.165) is 38.3 Å². The molecule has 0 N–H and O–H groups in total. The van der Waals surface area contributed by atoms with E-state index in [0.29, 0.717) is 12.4 Å². The van der Waals surface area contributed by atoms with Gasteiger partial charge in [0, 0.05) is 6.54 Å². The molecule has 0 unspecified atom stereocenters. The number of hydrogen-bond donors (Lipinski definition) is 0. The van der Waals surface area contributed by atoms with E-state index in [2.05, 4.69) is 31.0 Å². The summed E-state index contributed by atoms with van der Waals surface area (Å²) in [5, 5.41) is 0. The van der Waals surface area contributed by atoms with Crippen molar-refractivity contribution in [1.82, 2.24) is 9.72 Å². The van der Waals surface area contributed by atoms with Gasteiger partial charge in [-0.2, -0.15) is 0 Å². The molecule has 1 aromatic heterocycles. The summed E-state index contributed by atoms with van der Waals surface area (Å²) in [6.45, 7) is 4.72. The molecule has 0 aliphatic rings. The van der Waals surface area contributed by atoms with Crippen molar-refractivity contribution in [3.63, 3.8) is 0 Å². The van der Waals surface area contributed by atoms with Crippen molar-refractivity contribution in [3.05, 3.63) is 104 Å². The molecule has 0 amide bonds. The molecule has 3 aromatic carbocycles. The van der Waals surface area contributed by atoms with E-state index in [4.69, 9.17) is 14.0 Å². The minimum Gasteiger partial charge on any atom is -0.497 e. The molecule has 0 saturated heterocycles. The average Bonchev–Trinajstić information content (AvgIpc) is 3.09. The molecule has 0 aliphatic heterocycles. The molecule has 33 heavy (non-hydrogen) atoms. The second-order valence-electron chi connectivity index (χ2n) is 7.56. The standard InChI is InChI=1S/C25H24N2O5.Na/c1-16-11-22(30-3)12-17(2)23(16)20-6-4-5-19(13-20)15-31-21-9-7-18(8-10-21)14-27-24(28)26-25(29)32-27;/h4-13H,14-15H2,1-3H3,(H,26,28,29);/q;+1/p-1. The zero-order valence-electron chi connectivity index (χ0n) is 19.1. The summed E-state index contributed by atoms with van der Waals surface area (Å²) >= 11 is 0. The topological polar surface area (TPSA) is 84.8 Å². The number of benzene rings is 3. The fraction of sp³-hybridized carbons (Fsp3) is 0.200. The maximum Gasteiger partial charge on any atom is 1.00 e. The van der Waals surface area contributed by atoms with Crippen LogP contribution in [0.5, 0.6) is 11.5 Å². The van der Waals surface area contributed by atoms with Gasteiger partial charge >= 0.3 is 35.3 Å². The molecule has 164 valence electrons. The third-order valence-corrected chi connectivity index (χ3v) is 5.20. The molecule has 0 saturated carbocycles. The smallest absolute Gasteiger partial charge is 0.497 e. The van der Waals surface area contributed by atoms with E-state index >= 15 is 0 Å². The Bertz CT molecular complexity index is 1330. The molecular weight excluding hydrogens is 431 g/mol. The quantitative estimate of drug-likeness (QED) is 0.382. The van der Waals surface area contributed by atoms with Crippen LogP contribution in [0.2, 0.25) is 0 Å². The van der Waals surface area contributed by atoms with Crippen LogP contribution in [-0.4, -0.2) is 11.8 Å². The van der Waals surface area contributed by atoms with Gasteiger partial charge in [0.25, 0.3) is 0 Å². The van der Waals surface area contributed by atoms with Crippen LogP contribution in [0.4, 0.5) is 0 Å². The van der Waals surface area contributed by atoms with Gasteiger partial charge in [-0.25, -0.2) is 4.79 Å². The van der Waals surface area contributed by atoms with Gasteiger partial charge < -0.3 is 19.0 Å². The first-order chi connectivity index (χ1) is 15.4. The van der Waals surface area contributed by atoms with Crippen molar-refractivity contribution in [2.24, 2.45) is 0 Å². The van der Waals surface area contributed by atoms with E-state index in [1.165, 1.54) is 5.56 Å². The number of ether oxygens (including phenoxy) is 2. The summed E-state index contributed by atoms with van der Waals surface area (Å²) in [5.74, 6) is 0.663. The third-order valence-electron chi connectivity index (χ3n) is 5.20. The van der Waals surface area contributed by atoms with Crippen molar-refractivity contribution >= 4 is 0 Å². The van der Waals surface area contributed by atoms with Crippen molar-refractivity contribution in [2.45, 2.75) is 27.0 Å². The first-order valence-electron chi connectivity index (χ1n) is 10.1. The van der Waals surface area contributed by atoms with E-state index < -0.39 is 11.4 Å². The van der Waals surface area contributed by atoms with Gasteiger partial charge in [0.15, 0.2) is 5.69 Å². The number of aromatic nitrogens is 2. The van der Waals surface area contributed by atoms with Crippen LogP contribution in [0.15, 0.2) is 74.8 Å². The number of nitrogens with zero attached hydrogens (tertiary/aromatic N) is 2. The first-order valence-corrected chi connectivity index (χ1v) is 10.1. The van der Waals surface area contributed by atoms with E-state index in [1.807, 2.05) is 48.5 Å². The number of hydrogen-bond acceptors (Lipinski definition) is 5. The van der Waals surface area contributed by atoms with Gasteiger partial charge in [-0.3, -0.25) is 9.53 Å². The van der Waals surface area contributed by atoms with Crippen LogP contribution in [0.25, 0.3) is 11.1 Å². The predicted molar refractivity (Wildman–Crippen MR) is 120 cm³/mol. The summed E-state index contributed by atoms with van der Waals surface area (Å²) in [6.07, 6.45) is 0. The monoisotopic (exact) mass is 454 g/mol. The Morgan fingerprint density at radius 3 is 2.21 bits per heavy atom. The van der Waals surface area contributed by atoms with E-state index in [-0.39, 0.29) is 36.1 Å². The van der Waals surface area contributed by atoms with E-state index in [9.17, 15) is 9.59 Å². The fourth-order valence-electron chi connectivity index (χ4n) is 3.72. The Labute approximate surface area is 213 Å². The van der Waals surface area contributed by atoms with Gasteiger partial charge in [-0.1, -0.05) is 30.3 Å². The Morgan fingerprint density at radius 2 is 1.61 bits per heavy atom. The van der Waals surface area contributed by atoms with Crippen molar-refractivity contribution < 1.29 is 43.6 Å². The zero-order chi connectivity index (χ0) is 22.7. The van der Waals surface area contributed by atoms with Gasteiger partial charge in [0.05, 0.1) is 7.11 Å². The minimum atomic E-state index is -0.891. The fourth-order valence-corrected chi connectivity index (χ4v) is 3.72. The first kappa shape index (κ1) is 24.6. The van der Waals surface area contributed by atoms with Crippen LogP contribution in [0.1, 0.15) is 22.3 Å². The molecule has 1 heterocycles. The van der Waals surface area contributed by atoms with Gasteiger partial charge in [-0.15, -0.1) is 0 Å². The normalized spacial score (nSPS) is 10.5. The summed E-state index contributed by atoms with van der Waals surface area (Å²) in [6, 6.07) is 19.6. The molecule has 7 nitrogen and oxygen atoms in total. The van der Waals surface area contributed by atoms with Crippen LogP contribution in [0, 0.1) is 13.8 Å². The molecule has 0 spiro atoms. The summed E-state index contributed by atoms with van der Waals surface area (Å²) < 4.78 is 17.0. The number of aryl methyl sites for hydroxylation is 2. The van der Waals surface area contributed by atoms with Gasteiger partial charge in [-0.05, 0) is 77.6 Å². The largest absolute Gasteiger partial charge is 1.00 e. The molecule has 0 atom stereocenters. The van der Waals surface area contributed by atoms with Crippen molar-refractivity contribution in [2.75, 3.05) is 7.11 Å². The molecule has 0 bridgehead atoms.